The lowest BCUT2D eigenvalue weighted by atomic mass is 10.1. The Morgan fingerprint density at radius 2 is 2.25 bits per heavy atom. The van der Waals surface area contributed by atoms with Crippen molar-refractivity contribution in [2.75, 3.05) is 5.32 Å². The fourth-order valence-electron chi connectivity index (χ4n) is 3.05. The SMILES string of the molecule is Cc1cc(NC(=O)C2CCCC2)n(-c2nc(-c3ccco3)cs2)n1. The number of aryl methyl sites for hydroxylation is 1. The number of carbonyl (C=O) groups is 1. The van der Waals surface area contributed by atoms with Gasteiger partial charge in [-0.2, -0.15) is 9.78 Å². The third kappa shape index (κ3) is 2.87. The van der Waals surface area contributed by atoms with Crippen LogP contribution in [0.5, 0.6) is 0 Å². The van der Waals surface area contributed by atoms with Crippen molar-refractivity contribution in [1.29, 1.82) is 0 Å². The minimum absolute atomic E-state index is 0.0801. The highest BCUT2D eigenvalue weighted by Gasteiger charge is 2.24. The van der Waals surface area contributed by atoms with Crippen LogP contribution in [0.3, 0.4) is 0 Å². The summed E-state index contributed by atoms with van der Waals surface area (Å²) in [6.45, 7) is 1.91. The van der Waals surface area contributed by atoms with Crippen molar-refractivity contribution in [3.63, 3.8) is 0 Å². The molecule has 0 unspecified atom stereocenters. The molecule has 0 bridgehead atoms. The summed E-state index contributed by atoms with van der Waals surface area (Å²) in [7, 11) is 0. The van der Waals surface area contributed by atoms with Crippen molar-refractivity contribution in [2.45, 2.75) is 32.6 Å². The highest BCUT2D eigenvalue weighted by atomic mass is 32.1. The summed E-state index contributed by atoms with van der Waals surface area (Å²) in [6.07, 6.45) is 5.84. The van der Waals surface area contributed by atoms with Crippen molar-refractivity contribution >= 4 is 23.1 Å². The molecule has 124 valence electrons. The maximum Gasteiger partial charge on any atom is 0.228 e. The molecular formula is C17H18N4O2S. The fourth-order valence-corrected chi connectivity index (χ4v) is 3.83. The molecule has 1 aliphatic rings. The van der Waals surface area contributed by atoms with Gasteiger partial charge in [0.25, 0.3) is 0 Å². The summed E-state index contributed by atoms with van der Waals surface area (Å²) >= 11 is 1.47. The first kappa shape index (κ1) is 15.1. The predicted molar refractivity (Wildman–Crippen MR) is 92.3 cm³/mol. The predicted octanol–water partition coefficient (Wildman–Crippen LogP) is 4.03. The van der Waals surface area contributed by atoms with Gasteiger partial charge in [-0.25, -0.2) is 4.98 Å². The maximum atomic E-state index is 12.4. The first-order valence-corrected chi connectivity index (χ1v) is 8.96. The highest BCUT2D eigenvalue weighted by Crippen LogP contribution is 2.29. The monoisotopic (exact) mass is 342 g/mol. The molecular weight excluding hydrogens is 324 g/mol. The van der Waals surface area contributed by atoms with E-state index in [1.807, 2.05) is 30.5 Å². The number of anilines is 1. The lowest BCUT2D eigenvalue weighted by Gasteiger charge is -2.10. The Labute approximate surface area is 143 Å². The minimum atomic E-state index is 0.0801. The van der Waals surface area contributed by atoms with Crippen LogP contribution in [0, 0.1) is 12.8 Å². The van der Waals surface area contributed by atoms with Gasteiger partial charge in [0.15, 0.2) is 5.76 Å². The molecule has 0 atom stereocenters. The summed E-state index contributed by atoms with van der Waals surface area (Å²) in [5.41, 5.74) is 1.60. The van der Waals surface area contributed by atoms with Crippen LogP contribution in [0.2, 0.25) is 0 Å². The van der Waals surface area contributed by atoms with E-state index in [0.29, 0.717) is 10.9 Å². The van der Waals surface area contributed by atoms with Crippen LogP contribution < -0.4 is 5.32 Å². The molecule has 1 N–H and O–H groups in total. The number of hydrogen-bond donors (Lipinski definition) is 1. The summed E-state index contributed by atoms with van der Waals surface area (Å²) in [5, 5.41) is 10.1. The Balaban J connectivity index is 1.60. The van der Waals surface area contributed by atoms with Gasteiger partial charge in [-0.15, -0.1) is 11.3 Å². The molecule has 3 aromatic heterocycles. The third-order valence-electron chi connectivity index (χ3n) is 4.26. The zero-order valence-electron chi connectivity index (χ0n) is 13.4. The molecule has 1 fully saturated rings. The van der Waals surface area contributed by atoms with Crippen molar-refractivity contribution in [2.24, 2.45) is 5.92 Å². The Kier molecular flexibility index (Phi) is 3.93. The molecule has 1 amide bonds. The van der Waals surface area contributed by atoms with E-state index in [1.54, 1.807) is 10.9 Å². The van der Waals surface area contributed by atoms with E-state index in [-0.39, 0.29) is 11.8 Å². The molecule has 0 radical (unpaired) electrons. The molecule has 3 heterocycles. The molecule has 0 spiro atoms. The lowest BCUT2D eigenvalue weighted by molar-refractivity contribution is -0.119. The van der Waals surface area contributed by atoms with Crippen LogP contribution in [0.4, 0.5) is 5.82 Å². The maximum absolute atomic E-state index is 12.4. The normalized spacial score (nSPS) is 15.0. The third-order valence-corrected chi connectivity index (χ3v) is 5.07. The largest absolute Gasteiger partial charge is 0.463 e. The van der Waals surface area contributed by atoms with Crippen molar-refractivity contribution in [3.8, 4) is 16.6 Å². The second-order valence-electron chi connectivity index (χ2n) is 6.05. The minimum Gasteiger partial charge on any atom is -0.463 e. The first-order valence-electron chi connectivity index (χ1n) is 8.08. The zero-order valence-corrected chi connectivity index (χ0v) is 14.2. The second-order valence-corrected chi connectivity index (χ2v) is 6.88. The zero-order chi connectivity index (χ0) is 16.5. The molecule has 0 saturated heterocycles. The van der Waals surface area contributed by atoms with Gasteiger partial charge in [-0.05, 0) is 31.9 Å². The molecule has 24 heavy (non-hydrogen) atoms. The summed E-state index contributed by atoms with van der Waals surface area (Å²) in [6, 6.07) is 5.58. The van der Waals surface area contributed by atoms with Crippen LogP contribution >= 0.6 is 11.3 Å². The van der Waals surface area contributed by atoms with Crippen LogP contribution in [0.15, 0.2) is 34.3 Å². The van der Waals surface area contributed by atoms with Crippen LogP contribution in [0.25, 0.3) is 16.6 Å². The molecule has 0 aromatic carbocycles. The van der Waals surface area contributed by atoms with Crippen molar-refractivity contribution in [3.05, 3.63) is 35.5 Å². The highest BCUT2D eigenvalue weighted by molar-refractivity contribution is 7.12. The van der Waals surface area contributed by atoms with Gasteiger partial charge < -0.3 is 9.73 Å². The quantitative estimate of drug-likeness (QED) is 0.777. The van der Waals surface area contributed by atoms with Crippen LogP contribution in [-0.4, -0.2) is 20.7 Å². The number of furan rings is 1. The molecule has 6 nitrogen and oxygen atoms in total. The number of thiazole rings is 1. The number of carbonyl (C=O) groups excluding carboxylic acids is 1. The van der Waals surface area contributed by atoms with Gasteiger partial charge in [0.05, 0.1) is 12.0 Å². The van der Waals surface area contributed by atoms with E-state index >= 15 is 0 Å². The van der Waals surface area contributed by atoms with Gasteiger partial charge in [0.1, 0.15) is 11.5 Å². The first-order chi connectivity index (χ1) is 11.7. The fraction of sp³-hybridized carbons (Fsp3) is 0.353. The van der Waals surface area contributed by atoms with Gasteiger partial charge in [0.2, 0.25) is 11.0 Å². The number of nitrogens with zero attached hydrogens (tertiary/aromatic N) is 3. The topological polar surface area (TPSA) is 73.0 Å². The second kappa shape index (κ2) is 6.24. The van der Waals surface area contributed by atoms with E-state index < -0.39 is 0 Å². The average molecular weight is 342 g/mol. The van der Waals surface area contributed by atoms with Gasteiger partial charge in [-0.3, -0.25) is 4.79 Å². The number of nitrogens with one attached hydrogen (secondary N) is 1. The summed E-state index contributed by atoms with van der Waals surface area (Å²) < 4.78 is 7.07. The standard InChI is InChI=1S/C17H18N4O2S/c1-11-9-15(19-16(22)12-5-2-3-6-12)21(20-11)17-18-13(10-24-17)14-7-4-8-23-14/h4,7-10,12H,2-3,5-6H2,1H3,(H,19,22). The van der Waals surface area contributed by atoms with E-state index in [4.69, 9.17) is 4.42 Å². The van der Waals surface area contributed by atoms with Crippen molar-refractivity contribution < 1.29 is 9.21 Å². The van der Waals surface area contributed by atoms with Gasteiger partial charge in [-0.1, -0.05) is 12.8 Å². The molecule has 0 aliphatic heterocycles. The molecule has 1 aliphatic carbocycles. The van der Waals surface area contributed by atoms with Gasteiger partial charge >= 0.3 is 0 Å². The van der Waals surface area contributed by atoms with Crippen LogP contribution in [0.1, 0.15) is 31.4 Å². The number of amides is 1. The van der Waals surface area contributed by atoms with Crippen molar-refractivity contribution in [1.82, 2.24) is 14.8 Å². The Morgan fingerprint density at radius 3 is 3.00 bits per heavy atom. The molecule has 7 heteroatoms. The van der Waals surface area contributed by atoms with Gasteiger partial charge in [0, 0.05) is 17.4 Å². The molecule has 3 aromatic rings. The lowest BCUT2D eigenvalue weighted by Crippen LogP contribution is -2.22. The molecule has 4 rings (SSSR count). The Hall–Kier alpha value is -2.41. The number of aromatic nitrogens is 3. The van der Waals surface area contributed by atoms with E-state index in [0.717, 1.165) is 42.8 Å². The van der Waals surface area contributed by atoms with E-state index in [9.17, 15) is 4.79 Å². The molecule has 1 saturated carbocycles. The Morgan fingerprint density at radius 1 is 1.42 bits per heavy atom. The summed E-state index contributed by atoms with van der Waals surface area (Å²) in [4.78, 5) is 17.0. The average Bonchev–Trinajstić information content (AvgIpc) is 3.35. The number of rotatable bonds is 4. The summed E-state index contributed by atoms with van der Waals surface area (Å²) in [5.74, 6) is 1.59. The van der Waals surface area contributed by atoms with E-state index in [2.05, 4.69) is 15.4 Å². The Bertz CT molecular complexity index is 844. The van der Waals surface area contributed by atoms with E-state index in [1.165, 1.54) is 11.3 Å². The number of hydrogen-bond acceptors (Lipinski definition) is 5. The van der Waals surface area contributed by atoms with Crippen LogP contribution in [-0.2, 0) is 4.79 Å². The smallest absolute Gasteiger partial charge is 0.228 e.